The van der Waals surface area contributed by atoms with Crippen LogP contribution in [0.2, 0.25) is 0 Å². The van der Waals surface area contributed by atoms with Crippen molar-refractivity contribution in [3.8, 4) is 0 Å². The number of ether oxygens (including phenoxy) is 1. The summed E-state index contributed by atoms with van der Waals surface area (Å²) in [5, 5.41) is 2.02. The van der Waals surface area contributed by atoms with E-state index in [1.165, 1.54) is 16.2 Å². The van der Waals surface area contributed by atoms with Gasteiger partial charge < -0.3 is 4.74 Å². The molecule has 1 amide bonds. The Kier molecular flexibility index (Phi) is 7.29. The van der Waals surface area contributed by atoms with E-state index in [0.717, 1.165) is 42.0 Å². The van der Waals surface area contributed by atoms with Gasteiger partial charge in [0.15, 0.2) is 6.04 Å². The molecule has 7 heteroatoms. The monoisotopic (exact) mass is 496 g/mol. The molecule has 1 unspecified atom stereocenters. The van der Waals surface area contributed by atoms with Gasteiger partial charge in [-0.25, -0.2) is 9.80 Å². The molecule has 0 bridgehead atoms. The Morgan fingerprint density at radius 2 is 1.78 bits per heavy atom. The van der Waals surface area contributed by atoms with Gasteiger partial charge in [0, 0.05) is 5.56 Å². The van der Waals surface area contributed by atoms with Crippen LogP contribution < -0.4 is 5.01 Å². The smallest absolute Gasteiger partial charge is 0.430 e. The number of hydrogen-bond acceptors (Lipinski definition) is 3. The average Bonchev–Trinajstić information content (AvgIpc) is 3.26. The lowest BCUT2D eigenvalue weighted by atomic mass is 9.92. The van der Waals surface area contributed by atoms with Gasteiger partial charge in [-0.1, -0.05) is 53.1 Å². The Balaban J connectivity index is 1.69. The third-order valence-corrected chi connectivity index (χ3v) is 6.69. The van der Waals surface area contributed by atoms with Crippen LogP contribution in [0.5, 0.6) is 0 Å². The van der Waals surface area contributed by atoms with Crippen molar-refractivity contribution >= 4 is 17.5 Å². The zero-order valence-electron chi connectivity index (χ0n) is 21.0. The second-order valence-electron chi connectivity index (χ2n) is 9.57. The number of hydrogen-bond donors (Lipinski definition) is 0. The van der Waals surface area contributed by atoms with E-state index in [9.17, 15) is 18.0 Å². The van der Waals surface area contributed by atoms with E-state index in [4.69, 9.17) is 4.74 Å². The zero-order valence-corrected chi connectivity index (χ0v) is 21.0. The molecule has 0 N–H and O–H groups in total. The molecule has 0 fully saturated rings. The molecule has 190 valence electrons. The molecular weight excluding hydrogens is 465 g/mol. The number of nitrogens with zero attached hydrogens (tertiary/aromatic N) is 2. The lowest BCUT2D eigenvalue weighted by molar-refractivity contribution is -0.163. The summed E-state index contributed by atoms with van der Waals surface area (Å²) in [6.07, 6.45) is -0.227. The summed E-state index contributed by atoms with van der Waals surface area (Å²) in [5.74, 6) is 0. The second kappa shape index (κ2) is 10.2. The first-order chi connectivity index (χ1) is 17.1. The number of carbonyl (C=O) groups excluding carboxylic acids is 1. The van der Waals surface area contributed by atoms with Crippen molar-refractivity contribution in [3.63, 3.8) is 0 Å². The third-order valence-electron chi connectivity index (χ3n) is 6.69. The fourth-order valence-corrected chi connectivity index (χ4v) is 4.60. The molecule has 36 heavy (non-hydrogen) atoms. The van der Waals surface area contributed by atoms with Crippen LogP contribution in [0, 0.1) is 13.8 Å². The molecule has 4 rings (SSSR count). The number of benzene rings is 2. The summed E-state index contributed by atoms with van der Waals surface area (Å²) in [6.45, 7) is 7.84. The summed E-state index contributed by atoms with van der Waals surface area (Å²) in [4.78, 5) is 13.3. The van der Waals surface area contributed by atoms with Gasteiger partial charge >= 0.3 is 12.3 Å². The van der Waals surface area contributed by atoms with Crippen molar-refractivity contribution in [1.29, 1.82) is 0 Å². The van der Waals surface area contributed by atoms with Crippen LogP contribution in [-0.4, -0.2) is 29.9 Å². The highest BCUT2D eigenvalue weighted by Crippen LogP contribution is 2.42. The van der Waals surface area contributed by atoms with Crippen LogP contribution in [-0.2, 0) is 4.74 Å². The molecule has 2 aliphatic rings. The number of aryl methyl sites for hydroxylation is 2. The number of amides is 1. The van der Waals surface area contributed by atoms with Crippen LogP contribution >= 0.6 is 0 Å². The molecular formula is C29H31F3N2O2. The lowest BCUT2D eigenvalue weighted by Crippen LogP contribution is -2.52. The SMILES string of the molecule is CC(C)=C1CC=C(COC(=O)N2C(C(F)(F)F)C=C(c3cc(C)ccc3C)N2c2ccccc2)CC1. The predicted octanol–water partition coefficient (Wildman–Crippen LogP) is 7.90. The highest BCUT2D eigenvalue weighted by atomic mass is 19.4. The Bertz CT molecular complexity index is 1220. The highest BCUT2D eigenvalue weighted by Gasteiger charge is 2.52. The number of carbonyl (C=O) groups is 1. The summed E-state index contributed by atoms with van der Waals surface area (Å²) in [6, 6.07) is 12.1. The molecule has 1 aliphatic heterocycles. The molecule has 0 saturated heterocycles. The molecule has 0 radical (unpaired) electrons. The van der Waals surface area contributed by atoms with E-state index in [1.807, 2.05) is 38.1 Å². The zero-order chi connectivity index (χ0) is 26.0. The van der Waals surface area contributed by atoms with E-state index >= 15 is 0 Å². The number of hydrazine groups is 1. The van der Waals surface area contributed by atoms with Crippen LogP contribution in [0.15, 0.2) is 77.4 Å². The number of alkyl halides is 3. The van der Waals surface area contributed by atoms with Gasteiger partial charge in [-0.3, -0.25) is 0 Å². The number of allylic oxidation sites excluding steroid dienone is 3. The van der Waals surface area contributed by atoms with E-state index in [0.29, 0.717) is 22.0 Å². The average molecular weight is 497 g/mol. The summed E-state index contributed by atoms with van der Waals surface area (Å²) in [7, 11) is 0. The van der Waals surface area contributed by atoms with Gasteiger partial charge in [0.2, 0.25) is 0 Å². The van der Waals surface area contributed by atoms with E-state index < -0.39 is 18.3 Å². The van der Waals surface area contributed by atoms with Crippen molar-refractivity contribution in [1.82, 2.24) is 5.01 Å². The van der Waals surface area contributed by atoms with Gasteiger partial charge in [-0.15, -0.1) is 0 Å². The third kappa shape index (κ3) is 5.35. The maximum absolute atomic E-state index is 14.3. The molecule has 0 spiro atoms. The quantitative estimate of drug-likeness (QED) is 0.404. The minimum absolute atomic E-state index is 0.0304. The molecule has 0 saturated carbocycles. The predicted molar refractivity (Wildman–Crippen MR) is 136 cm³/mol. The lowest BCUT2D eigenvalue weighted by Gasteiger charge is -2.35. The van der Waals surface area contributed by atoms with Crippen molar-refractivity contribution in [3.05, 3.63) is 94.1 Å². The molecule has 1 atom stereocenters. The van der Waals surface area contributed by atoms with Crippen LogP contribution in [0.25, 0.3) is 5.70 Å². The topological polar surface area (TPSA) is 32.8 Å². The highest BCUT2D eigenvalue weighted by molar-refractivity contribution is 5.88. The van der Waals surface area contributed by atoms with Crippen molar-refractivity contribution in [2.75, 3.05) is 11.6 Å². The first-order valence-electron chi connectivity index (χ1n) is 12.1. The standard InChI is InChI=1S/C29H31F3N2O2/c1-19(2)23-14-12-22(13-15-23)18-36-28(35)34-27(29(30,31)32)17-26(25-16-20(3)10-11-21(25)4)33(34)24-8-6-5-7-9-24/h5-12,16-17,27H,13-15,18H2,1-4H3. The van der Waals surface area contributed by atoms with Gasteiger partial charge in [0.1, 0.15) is 6.61 Å². The summed E-state index contributed by atoms with van der Waals surface area (Å²) >= 11 is 0. The first kappa shape index (κ1) is 25.6. The van der Waals surface area contributed by atoms with Gasteiger partial charge in [0.05, 0.1) is 11.4 Å². The van der Waals surface area contributed by atoms with Crippen molar-refractivity contribution < 1.29 is 22.7 Å². The summed E-state index contributed by atoms with van der Waals surface area (Å²) < 4.78 is 48.4. The number of anilines is 1. The molecule has 2 aromatic carbocycles. The van der Waals surface area contributed by atoms with Gasteiger partial charge in [0.25, 0.3) is 0 Å². The molecule has 4 nitrogen and oxygen atoms in total. The number of halogens is 3. The van der Waals surface area contributed by atoms with Crippen molar-refractivity contribution in [2.45, 2.75) is 59.2 Å². The van der Waals surface area contributed by atoms with Crippen LogP contribution in [0.4, 0.5) is 23.7 Å². The fourth-order valence-electron chi connectivity index (χ4n) is 4.60. The Hall–Kier alpha value is -3.48. The normalized spacial score (nSPS) is 18.2. The molecule has 2 aromatic rings. The summed E-state index contributed by atoms with van der Waals surface area (Å²) in [5.41, 5.74) is 6.64. The van der Waals surface area contributed by atoms with Gasteiger partial charge in [-0.05, 0) is 82.4 Å². The van der Waals surface area contributed by atoms with Crippen LogP contribution in [0.3, 0.4) is 0 Å². The number of para-hydroxylation sites is 1. The minimum Gasteiger partial charge on any atom is -0.444 e. The molecule has 1 aliphatic carbocycles. The van der Waals surface area contributed by atoms with E-state index in [1.54, 1.807) is 30.3 Å². The maximum atomic E-state index is 14.3. The van der Waals surface area contributed by atoms with E-state index in [2.05, 4.69) is 13.8 Å². The Labute approximate surface area is 210 Å². The minimum atomic E-state index is -4.69. The van der Waals surface area contributed by atoms with Crippen molar-refractivity contribution in [2.24, 2.45) is 0 Å². The van der Waals surface area contributed by atoms with Gasteiger partial charge in [-0.2, -0.15) is 18.2 Å². The Morgan fingerprint density at radius 1 is 1.06 bits per heavy atom. The molecule has 1 heterocycles. The Morgan fingerprint density at radius 3 is 2.39 bits per heavy atom. The second-order valence-corrected chi connectivity index (χ2v) is 9.57. The van der Waals surface area contributed by atoms with E-state index in [-0.39, 0.29) is 6.61 Å². The largest absolute Gasteiger partial charge is 0.444 e. The maximum Gasteiger partial charge on any atom is 0.430 e. The molecule has 0 aromatic heterocycles. The first-order valence-corrected chi connectivity index (χ1v) is 12.1. The fraction of sp³-hybridized carbons (Fsp3) is 0.345. The number of rotatable bonds is 4. The van der Waals surface area contributed by atoms with Crippen LogP contribution in [0.1, 0.15) is 49.8 Å².